The molecule has 5 nitrogen and oxygen atoms in total. The standard InChI is InChI=1S/C13H18BrN5/c1-2-7-19-12(5-6-17-19)13(18-16)10-8-9(14)3-4-11(10)15/h3-6,8,13,18H,2,7,15-16H2,1H3. The number of nitrogens with zero attached hydrogens (tertiary/aromatic N) is 2. The number of hydrogen-bond acceptors (Lipinski definition) is 4. The Balaban J connectivity index is 2.44. The zero-order valence-corrected chi connectivity index (χ0v) is 12.4. The van der Waals surface area contributed by atoms with Crippen LogP contribution in [0.1, 0.15) is 30.6 Å². The fourth-order valence-corrected chi connectivity index (χ4v) is 2.50. The van der Waals surface area contributed by atoms with Crippen LogP contribution < -0.4 is 17.0 Å². The smallest absolute Gasteiger partial charge is 0.0898 e. The van der Waals surface area contributed by atoms with Crippen LogP contribution in [0.15, 0.2) is 34.9 Å². The van der Waals surface area contributed by atoms with E-state index in [1.807, 2.05) is 28.9 Å². The number of halogens is 1. The molecular formula is C13H18BrN5. The van der Waals surface area contributed by atoms with Crippen LogP contribution in [0.25, 0.3) is 0 Å². The molecule has 1 heterocycles. The molecule has 0 fully saturated rings. The van der Waals surface area contributed by atoms with Crippen molar-refractivity contribution in [2.45, 2.75) is 25.9 Å². The van der Waals surface area contributed by atoms with Crippen LogP contribution in [0.2, 0.25) is 0 Å². The van der Waals surface area contributed by atoms with Gasteiger partial charge in [0.1, 0.15) is 0 Å². The summed E-state index contributed by atoms with van der Waals surface area (Å²) < 4.78 is 2.92. The first-order valence-corrected chi connectivity index (χ1v) is 6.99. The quantitative estimate of drug-likeness (QED) is 0.447. The van der Waals surface area contributed by atoms with Crippen molar-refractivity contribution in [3.63, 3.8) is 0 Å². The van der Waals surface area contributed by atoms with Crippen LogP contribution >= 0.6 is 15.9 Å². The van der Waals surface area contributed by atoms with Gasteiger partial charge in [-0.15, -0.1) is 0 Å². The van der Waals surface area contributed by atoms with Gasteiger partial charge in [0, 0.05) is 28.5 Å². The number of aryl methyl sites for hydroxylation is 1. The molecule has 0 spiro atoms. The summed E-state index contributed by atoms with van der Waals surface area (Å²) in [6.07, 6.45) is 2.80. The number of aromatic nitrogens is 2. The Morgan fingerprint density at radius 2 is 2.21 bits per heavy atom. The van der Waals surface area contributed by atoms with E-state index < -0.39 is 0 Å². The van der Waals surface area contributed by atoms with Gasteiger partial charge in [-0.1, -0.05) is 22.9 Å². The largest absolute Gasteiger partial charge is 0.398 e. The highest BCUT2D eigenvalue weighted by molar-refractivity contribution is 9.10. The van der Waals surface area contributed by atoms with Gasteiger partial charge in [-0.25, -0.2) is 5.43 Å². The molecule has 19 heavy (non-hydrogen) atoms. The average Bonchev–Trinajstić information content (AvgIpc) is 2.83. The highest BCUT2D eigenvalue weighted by Gasteiger charge is 2.19. The Kier molecular flexibility index (Phi) is 4.57. The first kappa shape index (κ1) is 14.0. The fourth-order valence-electron chi connectivity index (χ4n) is 2.12. The molecule has 0 aliphatic carbocycles. The number of nitrogens with one attached hydrogen (secondary N) is 1. The molecule has 2 aromatic rings. The monoisotopic (exact) mass is 323 g/mol. The van der Waals surface area contributed by atoms with Gasteiger partial charge in [-0.2, -0.15) is 5.10 Å². The molecule has 6 heteroatoms. The molecule has 0 saturated carbocycles. The summed E-state index contributed by atoms with van der Waals surface area (Å²) in [5.41, 5.74) is 11.5. The highest BCUT2D eigenvalue weighted by Crippen LogP contribution is 2.28. The van der Waals surface area contributed by atoms with Gasteiger partial charge in [-0.3, -0.25) is 10.5 Å². The SMILES string of the molecule is CCCn1nccc1C(NN)c1cc(Br)ccc1N. The molecule has 5 N–H and O–H groups in total. The van der Waals surface area contributed by atoms with Crippen LogP contribution in [0.5, 0.6) is 0 Å². The Morgan fingerprint density at radius 3 is 2.89 bits per heavy atom. The normalized spacial score (nSPS) is 12.6. The van der Waals surface area contributed by atoms with Crippen molar-refractivity contribution in [3.8, 4) is 0 Å². The van der Waals surface area contributed by atoms with E-state index in [4.69, 9.17) is 11.6 Å². The molecule has 0 saturated heterocycles. The number of benzene rings is 1. The molecule has 1 aromatic carbocycles. The van der Waals surface area contributed by atoms with Gasteiger partial charge in [0.05, 0.1) is 11.7 Å². The molecule has 0 aliphatic rings. The zero-order valence-electron chi connectivity index (χ0n) is 10.8. The van der Waals surface area contributed by atoms with Crippen molar-refractivity contribution < 1.29 is 0 Å². The van der Waals surface area contributed by atoms with Gasteiger partial charge >= 0.3 is 0 Å². The van der Waals surface area contributed by atoms with Gasteiger partial charge in [0.15, 0.2) is 0 Å². The van der Waals surface area contributed by atoms with E-state index in [1.165, 1.54) is 0 Å². The van der Waals surface area contributed by atoms with E-state index in [9.17, 15) is 0 Å². The van der Waals surface area contributed by atoms with E-state index in [1.54, 1.807) is 6.20 Å². The van der Waals surface area contributed by atoms with E-state index in [0.29, 0.717) is 5.69 Å². The summed E-state index contributed by atoms with van der Waals surface area (Å²) in [7, 11) is 0. The molecule has 1 unspecified atom stereocenters. The number of anilines is 1. The second-order valence-corrected chi connectivity index (χ2v) is 5.27. The number of rotatable bonds is 5. The molecule has 1 aromatic heterocycles. The predicted octanol–water partition coefficient (Wildman–Crippen LogP) is 2.19. The first-order valence-electron chi connectivity index (χ1n) is 6.20. The molecule has 0 bridgehead atoms. The van der Waals surface area contributed by atoms with Crippen LogP contribution in [-0.4, -0.2) is 9.78 Å². The number of nitrogens with two attached hydrogens (primary N) is 2. The number of hydrazine groups is 1. The van der Waals surface area contributed by atoms with Crippen molar-refractivity contribution in [2.24, 2.45) is 5.84 Å². The van der Waals surface area contributed by atoms with Crippen molar-refractivity contribution >= 4 is 21.6 Å². The van der Waals surface area contributed by atoms with E-state index in [-0.39, 0.29) is 6.04 Å². The zero-order chi connectivity index (χ0) is 13.8. The van der Waals surface area contributed by atoms with Crippen LogP contribution in [-0.2, 0) is 6.54 Å². The van der Waals surface area contributed by atoms with Crippen LogP contribution in [0.3, 0.4) is 0 Å². The maximum absolute atomic E-state index is 6.05. The summed E-state index contributed by atoms with van der Waals surface area (Å²) in [6.45, 7) is 2.97. The fraction of sp³-hybridized carbons (Fsp3) is 0.308. The Hall–Kier alpha value is -1.37. The maximum atomic E-state index is 6.05. The van der Waals surface area contributed by atoms with Crippen molar-refractivity contribution in [2.75, 3.05) is 5.73 Å². The summed E-state index contributed by atoms with van der Waals surface area (Å²) in [6, 6.07) is 7.54. The third-order valence-corrected chi connectivity index (χ3v) is 3.50. The van der Waals surface area contributed by atoms with Crippen molar-refractivity contribution in [3.05, 3.63) is 46.2 Å². The van der Waals surface area contributed by atoms with E-state index >= 15 is 0 Å². The van der Waals surface area contributed by atoms with Gasteiger partial charge in [0.25, 0.3) is 0 Å². The Bertz CT molecular complexity index is 552. The van der Waals surface area contributed by atoms with Crippen LogP contribution in [0, 0.1) is 0 Å². The third kappa shape index (κ3) is 2.97. The molecule has 2 rings (SSSR count). The minimum Gasteiger partial charge on any atom is -0.398 e. The molecule has 102 valence electrons. The molecular weight excluding hydrogens is 306 g/mol. The number of hydrogen-bond donors (Lipinski definition) is 3. The van der Waals surface area contributed by atoms with Gasteiger partial charge in [0.2, 0.25) is 0 Å². The summed E-state index contributed by atoms with van der Waals surface area (Å²) in [5.74, 6) is 5.72. The van der Waals surface area contributed by atoms with E-state index in [2.05, 4.69) is 33.4 Å². The Labute approximate surface area is 121 Å². The third-order valence-electron chi connectivity index (χ3n) is 3.01. The minimum absolute atomic E-state index is 0.174. The lowest BCUT2D eigenvalue weighted by molar-refractivity contribution is 0.521. The second-order valence-electron chi connectivity index (χ2n) is 4.35. The average molecular weight is 324 g/mol. The maximum Gasteiger partial charge on any atom is 0.0898 e. The lowest BCUT2D eigenvalue weighted by atomic mass is 10.0. The summed E-state index contributed by atoms with van der Waals surface area (Å²) >= 11 is 3.46. The van der Waals surface area contributed by atoms with Crippen molar-refractivity contribution in [1.29, 1.82) is 0 Å². The van der Waals surface area contributed by atoms with Gasteiger partial charge in [-0.05, 0) is 30.7 Å². The van der Waals surface area contributed by atoms with Crippen LogP contribution in [0.4, 0.5) is 5.69 Å². The molecule has 0 radical (unpaired) electrons. The lowest BCUT2D eigenvalue weighted by Crippen LogP contribution is -2.31. The Morgan fingerprint density at radius 1 is 1.42 bits per heavy atom. The summed E-state index contributed by atoms with van der Waals surface area (Å²) in [4.78, 5) is 0. The van der Waals surface area contributed by atoms with Gasteiger partial charge < -0.3 is 5.73 Å². The molecule has 1 atom stereocenters. The lowest BCUT2D eigenvalue weighted by Gasteiger charge is -2.20. The second kappa shape index (κ2) is 6.18. The van der Waals surface area contributed by atoms with Crippen molar-refractivity contribution in [1.82, 2.24) is 15.2 Å². The number of nitrogen functional groups attached to an aromatic ring is 1. The van der Waals surface area contributed by atoms with E-state index in [0.717, 1.165) is 28.7 Å². The topological polar surface area (TPSA) is 81.9 Å². The molecule has 0 aliphatic heterocycles. The summed E-state index contributed by atoms with van der Waals surface area (Å²) in [5, 5.41) is 4.32. The molecule has 0 amide bonds. The predicted molar refractivity (Wildman–Crippen MR) is 80.2 cm³/mol. The highest BCUT2D eigenvalue weighted by atomic mass is 79.9. The first-order chi connectivity index (χ1) is 9.17. The minimum atomic E-state index is -0.174.